The van der Waals surface area contributed by atoms with Crippen LogP contribution in [0.1, 0.15) is 32.6 Å². The first kappa shape index (κ1) is 16.7. The number of hydrogen-bond donors (Lipinski definition) is 1. The van der Waals surface area contributed by atoms with Crippen molar-refractivity contribution < 1.29 is 32.6 Å². The molecule has 8 heteroatoms. The van der Waals surface area contributed by atoms with E-state index in [1.54, 1.807) is 0 Å². The van der Waals surface area contributed by atoms with Crippen molar-refractivity contribution in [2.45, 2.75) is 44.3 Å². The first-order chi connectivity index (χ1) is 9.17. The molecule has 1 unspecified atom stereocenters. The first-order valence-electron chi connectivity index (χ1n) is 6.35. The van der Waals surface area contributed by atoms with Crippen LogP contribution in [0.15, 0.2) is 0 Å². The molecule has 116 valence electrons. The van der Waals surface area contributed by atoms with E-state index < -0.39 is 30.2 Å². The summed E-state index contributed by atoms with van der Waals surface area (Å²) in [4.78, 5) is 24.5. The predicted molar refractivity (Wildman–Crippen MR) is 63.1 cm³/mol. The number of aliphatic carboxylic acids is 1. The number of likely N-dealkylation sites (tertiary alicyclic amines) is 1. The highest BCUT2D eigenvalue weighted by Gasteiger charge is 2.43. The molecule has 0 aromatic rings. The molecule has 0 aromatic carbocycles. The third-order valence-electron chi connectivity index (χ3n) is 3.38. The third-order valence-corrected chi connectivity index (χ3v) is 3.38. The lowest BCUT2D eigenvalue weighted by molar-refractivity contribution is -0.176. The molecule has 1 saturated heterocycles. The highest BCUT2D eigenvalue weighted by atomic mass is 19.4. The van der Waals surface area contributed by atoms with Crippen molar-refractivity contribution in [2.75, 3.05) is 19.8 Å². The summed E-state index contributed by atoms with van der Waals surface area (Å²) in [5.74, 6) is -1.58. The SMILES string of the molecule is CC1(C(=O)O)CCCCN1C(=O)CCOCC(F)(F)F. The molecule has 1 N–H and O–H groups in total. The highest BCUT2D eigenvalue weighted by molar-refractivity contribution is 5.87. The van der Waals surface area contributed by atoms with Gasteiger partial charge in [0.2, 0.25) is 5.91 Å². The minimum atomic E-state index is -4.43. The fraction of sp³-hybridized carbons (Fsp3) is 0.833. The normalized spacial score (nSPS) is 23.7. The van der Waals surface area contributed by atoms with Gasteiger partial charge in [-0.05, 0) is 26.2 Å². The Morgan fingerprint density at radius 3 is 2.55 bits per heavy atom. The fourth-order valence-electron chi connectivity index (χ4n) is 2.23. The Bertz CT molecular complexity index is 372. The number of hydrogen-bond acceptors (Lipinski definition) is 3. The van der Waals surface area contributed by atoms with Gasteiger partial charge in [-0.1, -0.05) is 0 Å². The lowest BCUT2D eigenvalue weighted by Crippen LogP contribution is -2.57. The van der Waals surface area contributed by atoms with Crippen LogP contribution in [-0.4, -0.2) is 53.4 Å². The van der Waals surface area contributed by atoms with Gasteiger partial charge in [0.15, 0.2) is 0 Å². The summed E-state index contributed by atoms with van der Waals surface area (Å²) in [6, 6.07) is 0. The average Bonchev–Trinajstić information content (AvgIpc) is 2.33. The number of alkyl halides is 3. The van der Waals surface area contributed by atoms with Crippen LogP contribution < -0.4 is 0 Å². The Kier molecular flexibility index (Phi) is 5.38. The average molecular weight is 297 g/mol. The molecular weight excluding hydrogens is 279 g/mol. The quantitative estimate of drug-likeness (QED) is 0.786. The molecule has 1 fully saturated rings. The second kappa shape index (κ2) is 6.43. The maximum atomic E-state index is 11.9. The van der Waals surface area contributed by atoms with Crippen molar-refractivity contribution in [2.24, 2.45) is 0 Å². The van der Waals surface area contributed by atoms with Crippen LogP contribution in [0, 0.1) is 0 Å². The smallest absolute Gasteiger partial charge is 0.411 e. The Hall–Kier alpha value is -1.31. The van der Waals surface area contributed by atoms with Crippen molar-refractivity contribution >= 4 is 11.9 Å². The van der Waals surface area contributed by atoms with E-state index in [1.807, 2.05) is 0 Å². The molecule has 0 aromatic heterocycles. The van der Waals surface area contributed by atoms with Crippen molar-refractivity contribution in [3.05, 3.63) is 0 Å². The van der Waals surface area contributed by atoms with E-state index in [1.165, 1.54) is 11.8 Å². The van der Waals surface area contributed by atoms with Gasteiger partial charge in [0.1, 0.15) is 12.1 Å². The second-order valence-corrected chi connectivity index (χ2v) is 5.00. The van der Waals surface area contributed by atoms with Crippen LogP contribution in [0.3, 0.4) is 0 Å². The van der Waals surface area contributed by atoms with Gasteiger partial charge in [-0.15, -0.1) is 0 Å². The Morgan fingerprint density at radius 2 is 2.00 bits per heavy atom. The molecule has 5 nitrogen and oxygen atoms in total. The van der Waals surface area contributed by atoms with Crippen LogP contribution >= 0.6 is 0 Å². The van der Waals surface area contributed by atoms with Gasteiger partial charge >= 0.3 is 12.1 Å². The zero-order chi connectivity index (χ0) is 15.4. The molecule has 0 saturated carbocycles. The van der Waals surface area contributed by atoms with Gasteiger partial charge < -0.3 is 14.7 Å². The molecule has 20 heavy (non-hydrogen) atoms. The van der Waals surface area contributed by atoms with Gasteiger partial charge in [-0.2, -0.15) is 13.2 Å². The van der Waals surface area contributed by atoms with E-state index >= 15 is 0 Å². The third kappa shape index (κ3) is 4.36. The number of amides is 1. The summed E-state index contributed by atoms with van der Waals surface area (Å²) in [5.41, 5.74) is -1.28. The minimum Gasteiger partial charge on any atom is -0.480 e. The molecule has 1 heterocycles. The molecule has 1 rings (SSSR count). The zero-order valence-corrected chi connectivity index (χ0v) is 11.2. The molecule has 0 spiro atoms. The van der Waals surface area contributed by atoms with E-state index in [9.17, 15) is 27.9 Å². The number of rotatable bonds is 5. The predicted octanol–water partition coefficient (Wildman–Crippen LogP) is 1.81. The monoisotopic (exact) mass is 297 g/mol. The maximum Gasteiger partial charge on any atom is 0.411 e. The molecule has 1 atom stereocenters. The lowest BCUT2D eigenvalue weighted by atomic mass is 9.88. The number of carboxylic acids is 1. The van der Waals surface area contributed by atoms with Crippen molar-refractivity contribution in [1.29, 1.82) is 0 Å². The van der Waals surface area contributed by atoms with Crippen LogP contribution in [-0.2, 0) is 14.3 Å². The summed E-state index contributed by atoms with van der Waals surface area (Å²) in [6.07, 6.45) is -2.94. The number of halogens is 3. The number of carboxylic acid groups (broad SMARTS) is 1. The largest absolute Gasteiger partial charge is 0.480 e. The van der Waals surface area contributed by atoms with Crippen molar-refractivity contribution in [3.63, 3.8) is 0 Å². The number of carbonyl (C=O) groups excluding carboxylic acids is 1. The van der Waals surface area contributed by atoms with Crippen LogP contribution in [0.25, 0.3) is 0 Å². The first-order valence-corrected chi connectivity index (χ1v) is 6.35. The summed E-state index contributed by atoms with van der Waals surface area (Å²) in [5, 5.41) is 9.22. The minimum absolute atomic E-state index is 0.251. The molecule has 1 amide bonds. The van der Waals surface area contributed by atoms with E-state index in [0.29, 0.717) is 25.8 Å². The zero-order valence-electron chi connectivity index (χ0n) is 11.2. The van der Waals surface area contributed by atoms with Gasteiger partial charge in [-0.3, -0.25) is 4.79 Å². The summed E-state index contributed by atoms with van der Waals surface area (Å²) in [7, 11) is 0. The lowest BCUT2D eigenvalue weighted by Gasteiger charge is -2.41. The summed E-state index contributed by atoms with van der Waals surface area (Å²) < 4.78 is 40.0. The molecular formula is C12H18F3NO4. The van der Waals surface area contributed by atoms with E-state index in [2.05, 4.69) is 4.74 Å². The number of carbonyl (C=O) groups is 2. The standard InChI is InChI=1S/C12H18F3NO4/c1-11(10(18)19)5-2-3-6-16(11)9(17)4-7-20-8-12(13,14)15/h2-8H2,1H3,(H,18,19). The van der Waals surface area contributed by atoms with E-state index in [4.69, 9.17) is 0 Å². The Balaban J connectivity index is 2.50. The van der Waals surface area contributed by atoms with Gasteiger partial charge in [0, 0.05) is 6.54 Å². The van der Waals surface area contributed by atoms with Crippen LogP contribution in [0.2, 0.25) is 0 Å². The van der Waals surface area contributed by atoms with Gasteiger partial charge in [0.05, 0.1) is 13.0 Å². The molecule has 1 aliphatic rings. The molecule has 0 bridgehead atoms. The number of nitrogens with zero attached hydrogens (tertiary/aromatic N) is 1. The van der Waals surface area contributed by atoms with E-state index in [-0.39, 0.29) is 13.0 Å². The Labute approximate surface area is 114 Å². The second-order valence-electron chi connectivity index (χ2n) is 5.00. The fourth-order valence-corrected chi connectivity index (χ4v) is 2.23. The van der Waals surface area contributed by atoms with E-state index in [0.717, 1.165) is 0 Å². The van der Waals surface area contributed by atoms with Gasteiger partial charge in [0.25, 0.3) is 0 Å². The van der Waals surface area contributed by atoms with Crippen LogP contribution in [0.4, 0.5) is 13.2 Å². The summed E-state index contributed by atoms with van der Waals surface area (Å²) in [6.45, 7) is -0.00904. The van der Waals surface area contributed by atoms with Crippen molar-refractivity contribution in [3.8, 4) is 0 Å². The van der Waals surface area contributed by atoms with Gasteiger partial charge in [-0.25, -0.2) is 4.79 Å². The van der Waals surface area contributed by atoms with Crippen molar-refractivity contribution in [1.82, 2.24) is 4.90 Å². The Morgan fingerprint density at radius 1 is 1.35 bits per heavy atom. The topological polar surface area (TPSA) is 66.8 Å². The number of ether oxygens (including phenoxy) is 1. The molecule has 0 radical (unpaired) electrons. The maximum absolute atomic E-state index is 11.9. The highest BCUT2D eigenvalue weighted by Crippen LogP contribution is 2.28. The summed E-state index contributed by atoms with van der Waals surface area (Å²) >= 11 is 0. The molecule has 0 aliphatic carbocycles. The van der Waals surface area contributed by atoms with Crippen LogP contribution in [0.5, 0.6) is 0 Å². The number of piperidine rings is 1. The molecule has 1 aliphatic heterocycles.